The lowest BCUT2D eigenvalue weighted by atomic mass is 10.2. The van der Waals surface area contributed by atoms with E-state index in [0.717, 1.165) is 10.5 Å². The topological polar surface area (TPSA) is 105 Å². The van der Waals surface area contributed by atoms with Gasteiger partial charge in [-0.2, -0.15) is 0 Å². The van der Waals surface area contributed by atoms with Crippen molar-refractivity contribution in [1.29, 1.82) is 0 Å². The second kappa shape index (κ2) is 8.37. The van der Waals surface area contributed by atoms with Gasteiger partial charge in [-0.05, 0) is 35.5 Å². The Bertz CT molecular complexity index is 1210. The highest BCUT2D eigenvalue weighted by atomic mass is 32.2. The Balaban J connectivity index is 1.75. The van der Waals surface area contributed by atoms with E-state index in [1.807, 2.05) is 22.8 Å². The molecule has 4 aromatic rings. The van der Waals surface area contributed by atoms with Crippen molar-refractivity contribution in [2.45, 2.75) is 16.6 Å². The summed E-state index contributed by atoms with van der Waals surface area (Å²) in [4.78, 5) is 24.5. The Hall–Kier alpha value is -3.66. The quantitative estimate of drug-likeness (QED) is 0.325. The number of nitrogens with zero attached hydrogens (tertiary/aromatic N) is 5. The van der Waals surface area contributed by atoms with Crippen LogP contribution >= 0.6 is 11.8 Å². The van der Waals surface area contributed by atoms with E-state index in [4.69, 9.17) is 9.47 Å². The van der Waals surface area contributed by atoms with Crippen LogP contribution in [0.1, 0.15) is 5.56 Å². The summed E-state index contributed by atoms with van der Waals surface area (Å²) in [5, 5.41) is 11.6. The SMILES string of the molecule is COc1ccc(OC)c(Sc2nc3cncnc3n2Cc2ccc([N+](=O)[O-])cc2)c1. The summed E-state index contributed by atoms with van der Waals surface area (Å²) in [5.41, 5.74) is 2.27. The molecule has 0 aliphatic carbocycles. The van der Waals surface area contributed by atoms with Crippen molar-refractivity contribution in [2.24, 2.45) is 0 Å². The molecular formula is C20H17N5O4S. The van der Waals surface area contributed by atoms with Gasteiger partial charge in [0.25, 0.3) is 5.69 Å². The van der Waals surface area contributed by atoms with Gasteiger partial charge in [-0.15, -0.1) is 0 Å². The number of imidazole rings is 1. The Morgan fingerprint density at radius 1 is 1.13 bits per heavy atom. The van der Waals surface area contributed by atoms with Crippen LogP contribution < -0.4 is 9.47 Å². The fraction of sp³-hybridized carbons (Fsp3) is 0.150. The molecule has 2 aromatic carbocycles. The molecule has 9 nitrogen and oxygen atoms in total. The molecule has 0 saturated heterocycles. The van der Waals surface area contributed by atoms with Crippen LogP contribution in [0.4, 0.5) is 5.69 Å². The molecule has 0 saturated carbocycles. The van der Waals surface area contributed by atoms with E-state index >= 15 is 0 Å². The number of nitro groups is 1. The van der Waals surface area contributed by atoms with Crippen LogP contribution in [0, 0.1) is 10.1 Å². The Labute approximate surface area is 175 Å². The zero-order valence-corrected chi connectivity index (χ0v) is 17.0. The molecule has 30 heavy (non-hydrogen) atoms. The maximum atomic E-state index is 10.9. The summed E-state index contributed by atoms with van der Waals surface area (Å²) in [6.45, 7) is 0.445. The molecule has 0 N–H and O–H groups in total. The van der Waals surface area contributed by atoms with E-state index in [-0.39, 0.29) is 5.69 Å². The molecule has 0 aliphatic heterocycles. The van der Waals surface area contributed by atoms with E-state index in [1.54, 1.807) is 32.5 Å². The summed E-state index contributed by atoms with van der Waals surface area (Å²) in [5.74, 6) is 1.40. The Kier molecular flexibility index (Phi) is 5.48. The van der Waals surface area contributed by atoms with Gasteiger partial charge >= 0.3 is 0 Å². The molecular weight excluding hydrogens is 406 g/mol. The summed E-state index contributed by atoms with van der Waals surface area (Å²) in [6, 6.07) is 12.0. The number of aromatic nitrogens is 4. The average molecular weight is 423 g/mol. The van der Waals surface area contributed by atoms with Crippen LogP contribution in [-0.2, 0) is 6.54 Å². The normalized spacial score (nSPS) is 10.9. The Morgan fingerprint density at radius 3 is 2.63 bits per heavy atom. The van der Waals surface area contributed by atoms with Gasteiger partial charge in [-0.1, -0.05) is 12.1 Å². The molecule has 0 atom stereocenters. The highest BCUT2D eigenvalue weighted by Crippen LogP contribution is 2.38. The van der Waals surface area contributed by atoms with Gasteiger partial charge in [0.05, 0.1) is 36.8 Å². The predicted octanol–water partition coefficient (Wildman–Crippen LogP) is 3.95. The molecule has 0 bridgehead atoms. The second-order valence-corrected chi connectivity index (χ2v) is 7.26. The first-order chi connectivity index (χ1) is 14.6. The molecule has 0 fully saturated rings. The fourth-order valence-corrected chi connectivity index (χ4v) is 3.97. The van der Waals surface area contributed by atoms with Gasteiger partial charge in [0.2, 0.25) is 0 Å². The third-order valence-electron chi connectivity index (χ3n) is 4.44. The molecule has 0 aliphatic rings. The number of methoxy groups -OCH3 is 2. The zero-order chi connectivity index (χ0) is 21.1. The van der Waals surface area contributed by atoms with Crippen molar-refractivity contribution in [3.05, 3.63) is 70.7 Å². The first kappa shape index (κ1) is 19.6. The number of hydrogen-bond acceptors (Lipinski definition) is 8. The number of rotatable bonds is 7. The number of hydrogen-bond donors (Lipinski definition) is 0. The summed E-state index contributed by atoms with van der Waals surface area (Å²) < 4.78 is 12.8. The first-order valence-electron chi connectivity index (χ1n) is 8.88. The van der Waals surface area contributed by atoms with E-state index < -0.39 is 4.92 Å². The average Bonchev–Trinajstić information content (AvgIpc) is 3.11. The molecule has 0 amide bonds. The van der Waals surface area contributed by atoms with Gasteiger partial charge < -0.3 is 9.47 Å². The minimum atomic E-state index is -0.417. The molecule has 0 radical (unpaired) electrons. The highest BCUT2D eigenvalue weighted by molar-refractivity contribution is 7.99. The molecule has 4 rings (SSSR count). The van der Waals surface area contributed by atoms with Crippen molar-refractivity contribution >= 4 is 28.6 Å². The molecule has 2 heterocycles. The van der Waals surface area contributed by atoms with Gasteiger partial charge in [0.1, 0.15) is 23.3 Å². The lowest BCUT2D eigenvalue weighted by Crippen LogP contribution is -2.03. The number of benzene rings is 2. The molecule has 0 spiro atoms. The number of fused-ring (bicyclic) bond motifs is 1. The van der Waals surface area contributed by atoms with Crippen molar-refractivity contribution in [3.63, 3.8) is 0 Å². The summed E-state index contributed by atoms with van der Waals surface area (Å²) in [6.07, 6.45) is 3.12. The summed E-state index contributed by atoms with van der Waals surface area (Å²) in [7, 11) is 3.22. The lowest BCUT2D eigenvalue weighted by molar-refractivity contribution is -0.384. The van der Waals surface area contributed by atoms with Gasteiger partial charge in [-0.25, -0.2) is 15.0 Å². The first-order valence-corrected chi connectivity index (χ1v) is 9.70. The van der Waals surface area contributed by atoms with Crippen LogP contribution in [0.2, 0.25) is 0 Å². The van der Waals surface area contributed by atoms with E-state index in [2.05, 4.69) is 15.0 Å². The minimum Gasteiger partial charge on any atom is -0.497 e. The van der Waals surface area contributed by atoms with E-state index in [1.165, 1.54) is 30.2 Å². The second-order valence-electron chi connectivity index (χ2n) is 6.25. The number of non-ortho nitro benzene ring substituents is 1. The smallest absolute Gasteiger partial charge is 0.269 e. The third kappa shape index (κ3) is 3.90. The number of ether oxygens (including phenoxy) is 2. The van der Waals surface area contributed by atoms with Crippen molar-refractivity contribution < 1.29 is 14.4 Å². The largest absolute Gasteiger partial charge is 0.497 e. The van der Waals surface area contributed by atoms with Gasteiger partial charge in [0, 0.05) is 12.1 Å². The monoisotopic (exact) mass is 423 g/mol. The Morgan fingerprint density at radius 2 is 1.93 bits per heavy atom. The van der Waals surface area contributed by atoms with Crippen LogP contribution in [0.3, 0.4) is 0 Å². The van der Waals surface area contributed by atoms with Crippen LogP contribution in [0.5, 0.6) is 11.5 Å². The number of nitro benzene ring substituents is 1. The zero-order valence-electron chi connectivity index (χ0n) is 16.2. The van der Waals surface area contributed by atoms with Gasteiger partial charge in [-0.3, -0.25) is 14.7 Å². The summed E-state index contributed by atoms with van der Waals surface area (Å²) >= 11 is 1.42. The molecule has 152 valence electrons. The fourth-order valence-electron chi connectivity index (χ4n) is 2.94. The standard InChI is InChI=1S/C20H17N5O4S/c1-28-15-7-8-17(29-2)18(9-15)30-20-23-16-10-21-12-22-19(16)24(20)11-13-3-5-14(6-4-13)25(26)27/h3-10,12H,11H2,1-2H3. The molecule has 0 unspecified atom stereocenters. The molecule has 10 heteroatoms. The van der Waals surface area contributed by atoms with E-state index in [0.29, 0.717) is 34.4 Å². The lowest BCUT2D eigenvalue weighted by Gasteiger charge is -2.12. The highest BCUT2D eigenvalue weighted by Gasteiger charge is 2.17. The van der Waals surface area contributed by atoms with E-state index in [9.17, 15) is 10.1 Å². The van der Waals surface area contributed by atoms with Crippen LogP contribution in [-0.4, -0.2) is 38.7 Å². The molecule has 2 aromatic heterocycles. The maximum Gasteiger partial charge on any atom is 0.269 e. The maximum absolute atomic E-state index is 10.9. The van der Waals surface area contributed by atoms with Crippen molar-refractivity contribution in [1.82, 2.24) is 19.5 Å². The van der Waals surface area contributed by atoms with Crippen LogP contribution in [0.25, 0.3) is 11.2 Å². The van der Waals surface area contributed by atoms with Crippen molar-refractivity contribution in [3.8, 4) is 11.5 Å². The third-order valence-corrected chi connectivity index (χ3v) is 5.47. The minimum absolute atomic E-state index is 0.0484. The van der Waals surface area contributed by atoms with Gasteiger partial charge in [0.15, 0.2) is 10.8 Å². The predicted molar refractivity (Wildman–Crippen MR) is 111 cm³/mol. The van der Waals surface area contributed by atoms with Crippen LogP contribution in [0.15, 0.2) is 65.0 Å². The van der Waals surface area contributed by atoms with Crippen molar-refractivity contribution in [2.75, 3.05) is 14.2 Å².